The molecule has 2 aliphatic rings. The fraction of sp³-hybridized carbons (Fsp3) is 0.107. The van der Waals surface area contributed by atoms with Gasteiger partial charge in [0.15, 0.2) is 0 Å². The van der Waals surface area contributed by atoms with Crippen LogP contribution in [0.1, 0.15) is 45.6 Å². The topological polar surface area (TPSA) is 61.4 Å². The van der Waals surface area contributed by atoms with Crippen molar-refractivity contribution >= 4 is 65.9 Å². The monoisotopic (exact) mass is 796 g/mol. The van der Waals surface area contributed by atoms with E-state index in [9.17, 15) is 0 Å². The van der Waals surface area contributed by atoms with E-state index in [-0.39, 0.29) is 0 Å². The largest absolute Gasteiger partial charge is 0.298 e. The molecule has 11 aromatic rings. The molecule has 0 aliphatic heterocycles. The van der Waals surface area contributed by atoms with Gasteiger partial charge in [0.1, 0.15) is 11.6 Å². The molecule has 6 heterocycles. The predicted molar refractivity (Wildman–Crippen MR) is 254 cm³/mol. The first kappa shape index (κ1) is 35.1. The van der Waals surface area contributed by atoms with Crippen LogP contribution >= 0.6 is 0 Å². The Morgan fingerprint density at radius 3 is 1.71 bits per heavy atom. The normalized spacial score (nSPS) is 13.5. The number of fused-ring (bicyclic) bond motifs is 11. The third kappa shape index (κ3) is 5.29. The van der Waals surface area contributed by atoms with Gasteiger partial charge in [0.2, 0.25) is 0 Å². The number of hydrogen-bond acceptors (Lipinski definition) is 4. The molecule has 0 radical (unpaired) electrons. The molecule has 13 rings (SSSR count). The minimum atomic E-state index is 0.901. The lowest BCUT2D eigenvalue weighted by Crippen LogP contribution is -2.07. The van der Waals surface area contributed by atoms with Gasteiger partial charge in [0.05, 0.1) is 27.9 Å². The molecule has 0 fully saturated rings. The highest BCUT2D eigenvalue weighted by Gasteiger charge is 2.28. The van der Waals surface area contributed by atoms with Crippen LogP contribution in [0.25, 0.3) is 99.9 Å². The minimum Gasteiger partial charge on any atom is -0.298 e. The summed E-state index contributed by atoms with van der Waals surface area (Å²) in [6, 6.07) is 46.6. The molecule has 0 atom stereocenters. The van der Waals surface area contributed by atoms with Gasteiger partial charge < -0.3 is 0 Å². The number of pyridine rings is 4. The predicted octanol–water partition coefficient (Wildman–Crippen LogP) is 13.2. The zero-order valence-electron chi connectivity index (χ0n) is 34.5. The second kappa shape index (κ2) is 13.4. The molecule has 0 saturated carbocycles. The van der Waals surface area contributed by atoms with Gasteiger partial charge in [-0.25, -0.2) is 9.97 Å². The van der Waals surface area contributed by atoms with E-state index in [1.807, 2.05) is 24.8 Å². The van der Waals surface area contributed by atoms with Crippen molar-refractivity contribution in [3.8, 4) is 34.0 Å². The lowest BCUT2D eigenvalue weighted by molar-refractivity contribution is 0.876. The Bertz CT molecular complexity index is 3720. The molecule has 0 saturated heterocycles. The van der Waals surface area contributed by atoms with Crippen molar-refractivity contribution in [1.82, 2.24) is 29.1 Å². The molecular weight excluding hydrogens is 757 g/mol. The number of allylic oxidation sites excluding steroid dienone is 1. The molecule has 0 unspecified atom stereocenters. The number of rotatable bonds is 4. The van der Waals surface area contributed by atoms with Crippen molar-refractivity contribution in [3.63, 3.8) is 0 Å². The van der Waals surface area contributed by atoms with Gasteiger partial charge in [-0.1, -0.05) is 54.6 Å². The van der Waals surface area contributed by atoms with Gasteiger partial charge in [0, 0.05) is 68.5 Å². The summed E-state index contributed by atoms with van der Waals surface area (Å²) in [6.45, 7) is 4.29. The van der Waals surface area contributed by atoms with Crippen LogP contribution in [0.3, 0.4) is 0 Å². The smallest absolute Gasteiger partial charge is 0.137 e. The Balaban J connectivity index is 1.05. The van der Waals surface area contributed by atoms with Gasteiger partial charge in [-0.15, -0.1) is 0 Å². The van der Waals surface area contributed by atoms with Gasteiger partial charge in [0.25, 0.3) is 0 Å². The van der Waals surface area contributed by atoms with Crippen molar-refractivity contribution in [2.75, 3.05) is 0 Å². The molecular formula is C56H40N6. The molecule has 294 valence electrons. The number of aryl methyl sites for hydroxylation is 4. The van der Waals surface area contributed by atoms with Crippen LogP contribution in [0, 0.1) is 13.8 Å². The van der Waals surface area contributed by atoms with Gasteiger partial charge in [-0.2, -0.15) is 0 Å². The highest BCUT2D eigenvalue weighted by molar-refractivity contribution is 6.13. The van der Waals surface area contributed by atoms with Crippen LogP contribution < -0.4 is 0 Å². The van der Waals surface area contributed by atoms with Crippen LogP contribution in [-0.2, 0) is 19.3 Å². The summed E-state index contributed by atoms with van der Waals surface area (Å²) in [5.41, 5.74) is 18.2. The summed E-state index contributed by atoms with van der Waals surface area (Å²) in [5.74, 6) is 1.88. The maximum Gasteiger partial charge on any atom is 0.137 e. The number of hydrogen-bond donors (Lipinski definition) is 0. The minimum absolute atomic E-state index is 0.901. The van der Waals surface area contributed by atoms with Crippen molar-refractivity contribution in [2.45, 2.75) is 39.5 Å². The lowest BCUT2D eigenvalue weighted by Gasteiger charge is -2.21. The Labute approximate surface area is 358 Å². The highest BCUT2D eigenvalue weighted by Crippen LogP contribution is 2.46. The third-order valence-corrected chi connectivity index (χ3v) is 13.4. The standard InChI is InChI=1S/C56H40N6/c1-33-17-21-57-53(25-33)61-49-15-13-39(55-41-9-5-3-7-35(41)19-23-59-55)29-45(49)47-27-37-11-12-38-28-48-46-30-40(56-42-10-6-4-8-36(42)20-24-60-56)14-16-50(46)62(54-26-34(2)18-22-58-54)52(48)32-44(38)43(37)31-51(47)61/h3-10,13,15,17-32H,11-12,14,16H2,1-2H3. The zero-order valence-corrected chi connectivity index (χ0v) is 34.5. The van der Waals surface area contributed by atoms with E-state index in [1.165, 1.54) is 88.0 Å². The molecule has 6 aromatic heterocycles. The van der Waals surface area contributed by atoms with Crippen LogP contribution in [0.15, 0.2) is 152 Å². The molecule has 0 spiro atoms. The second-order valence-electron chi connectivity index (χ2n) is 17.1. The Hall–Kier alpha value is -7.70. The number of aromatic nitrogens is 6. The third-order valence-electron chi connectivity index (χ3n) is 13.4. The maximum atomic E-state index is 4.99. The van der Waals surface area contributed by atoms with E-state index in [0.29, 0.717) is 0 Å². The van der Waals surface area contributed by atoms with Crippen molar-refractivity contribution in [1.29, 1.82) is 0 Å². The summed E-state index contributed by atoms with van der Waals surface area (Å²) >= 11 is 0. The van der Waals surface area contributed by atoms with E-state index in [4.69, 9.17) is 19.9 Å². The van der Waals surface area contributed by atoms with Crippen molar-refractivity contribution < 1.29 is 0 Å². The van der Waals surface area contributed by atoms with E-state index >= 15 is 0 Å². The zero-order chi connectivity index (χ0) is 41.1. The maximum absolute atomic E-state index is 4.99. The van der Waals surface area contributed by atoms with Gasteiger partial charge in [-0.05, 0) is 168 Å². The first-order valence-electron chi connectivity index (χ1n) is 21.6. The quantitative estimate of drug-likeness (QED) is 0.178. The van der Waals surface area contributed by atoms with Crippen molar-refractivity contribution in [3.05, 3.63) is 191 Å². The number of nitrogens with zero attached hydrogens (tertiary/aromatic N) is 6. The summed E-state index contributed by atoms with van der Waals surface area (Å²) in [7, 11) is 0. The van der Waals surface area contributed by atoms with Crippen molar-refractivity contribution in [2.24, 2.45) is 0 Å². The van der Waals surface area contributed by atoms with Gasteiger partial charge in [-0.3, -0.25) is 19.1 Å². The van der Waals surface area contributed by atoms with E-state index < -0.39 is 0 Å². The Kier molecular flexibility index (Phi) is 7.59. The Morgan fingerprint density at radius 1 is 0.435 bits per heavy atom. The summed E-state index contributed by atoms with van der Waals surface area (Å²) < 4.78 is 4.79. The molecule has 0 amide bonds. The molecule has 6 nitrogen and oxygen atoms in total. The molecule has 0 N–H and O–H groups in total. The van der Waals surface area contributed by atoms with Crippen LogP contribution in [0.2, 0.25) is 0 Å². The second-order valence-corrected chi connectivity index (χ2v) is 17.1. The van der Waals surface area contributed by atoms with Crippen LogP contribution in [0.4, 0.5) is 0 Å². The first-order valence-corrected chi connectivity index (χ1v) is 21.6. The highest BCUT2D eigenvalue weighted by atomic mass is 15.1. The Morgan fingerprint density at radius 2 is 1.02 bits per heavy atom. The molecule has 6 heteroatoms. The summed E-state index contributed by atoms with van der Waals surface area (Å²) in [4.78, 5) is 19.8. The van der Waals surface area contributed by atoms with Gasteiger partial charge >= 0.3 is 0 Å². The fourth-order valence-electron chi connectivity index (χ4n) is 10.5. The van der Waals surface area contributed by atoms with E-state index in [1.54, 1.807) is 0 Å². The summed E-state index contributed by atoms with van der Waals surface area (Å²) in [5, 5.41) is 8.48. The molecule has 62 heavy (non-hydrogen) atoms. The molecule has 2 aliphatic carbocycles. The lowest BCUT2D eigenvalue weighted by atomic mass is 9.83. The van der Waals surface area contributed by atoms with E-state index in [0.717, 1.165) is 70.7 Å². The van der Waals surface area contributed by atoms with Crippen LogP contribution in [-0.4, -0.2) is 29.1 Å². The average Bonchev–Trinajstić information content (AvgIpc) is 3.80. The average molecular weight is 797 g/mol. The first-order chi connectivity index (χ1) is 30.5. The fourth-order valence-corrected chi connectivity index (χ4v) is 10.5. The van der Waals surface area contributed by atoms with E-state index in [2.05, 4.69) is 156 Å². The SMILES string of the molecule is Cc1ccnc(-n2c3c(c4cc5c(cc42)-c2cc4c(cc2CC5)c2cc(-c5nccc6ccccc56)ccc2n4-c2cc(C)ccn2)C=C(c2nccc4ccccc24)CC3)c1. The van der Waals surface area contributed by atoms with Crippen LogP contribution in [0.5, 0.6) is 0 Å². The molecule has 5 aromatic carbocycles. The number of benzene rings is 5. The molecule has 0 bridgehead atoms. The summed E-state index contributed by atoms with van der Waals surface area (Å²) in [6.07, 6.45) is 13.9.